The maximum absolute atomic E-state index is 12.9. The highest BCUT2D eigenvalue weighted by atomic mass is 79.9. The van der Waals surface area contributed by atoms with Gasteiger partial charge in [-0.1, -0.05) is 28.1 Å². The first kappa shape index (κ1) is 19.2. The van der Waals surface area contributed by atoms with Gasteiger partial charge in [0.2, 0.25) is 5.91 Å². The number of piperidine rings is 1. The van der Waals surface area contributed by atoms with Crippen molar-refractivity contribution in [2.75, 3.05) is 25.5 Å². The second-order valence-electron chi connectivity index (χ2n) is 8.04. The van der Waals surface area contributed by atoms with E-state index in [4.69, 9.17) is 4.74 Å². The van der Waals surface area contributed by atoms with Gasteiger partial charge in [-0.15, -0.1) is 0 Å². The zero-order valence-electron chi connectivity index (χ0n) is 16.9. The van der Waals surface area contributed by atoms with Gasteiger partial charge in [0.15, 0.2) is 0 Å². The number of ether oxygens (including phenoxy) is 1. The van der Waals surface area contributed by atoms with Gasteiger partial charge in [0.1, 0.15) is 5.75 Å². The number of hydrogen-bond acceptors (Lipinski definition) is 3. The fourth-order valence-electron chi connectivity index (χ4n) is 4.66. The van der Waals surface area contributed by atoms with Gasteiger partial charge in [0.05, 0.1) is 30.4 Å². The van der Waals surface area contributed by atoms with E-state index in [-0.39, 0.29) is 11.4 Å². The van der Waals surface area contributed by atoms with Gasteiger partial charge >= 0.3 is 0 Å². The van der Waals surface area contributed by atoms with Crippen LogP contribution in [0.15, 0.2) is 65.3 Å². The SMILES string of the molecule is COc1ccc(CC(=O)N2CCC3(CC2)Nc2ccc(Br)cc2-n2cccc23)cc1. The Morgan fingerprint density at radius 3 is 2.63 bits per heavy atom. The van der Waals surface area contributed by atoms with Crippen LogP contribution in [0.5, 0.6) is 5.75 Å². The van der Waals surface area contributed by atoms with Crippen LogP contribution in [0, 0.1) is 0 Å². The Morgan fingerprint density at radius 2 is 1.90 bits per heavy atom. The van der Waals surface area contributed by atoms with E-state index in [9.17, 15) is 4.79 Å². The van der Waals surface area contributed by atoms with E-state index in [0.29, 0.717) is 6.42 Å². The quantitative estimate of drug-likeness (QED) is 0.607. The fourth-order valence-corrected chi connectivity index (χ4v) is 5.01. The molecule has 1 aromatic heterocycles. The van der Waals surface area contributed by atoms with Gasteiger partial charge in [-0.25, -0.2) is 0 Å². The van der Waals surface area contributed by atoms with Crippen molar-refractivity contribution in [2.45, 2.75) is 24.8 Å². The smallest absolute Gasteiger partial charge is 0.226 e. The molecule has 3 aromatic rings. The number of anilines is 1. The topological polar surface area (TPSA) is 46.5 Å². The maximum atomic E-state index is 12.9. The van der Waals surface area contributed by atoms with Crippen molar-refractivity contribution in [3.05, 3.63) is 76.5 Å². The number of nitrogens with zero attached hydrogens (tertiary/aromatic N) is 2. The number of aromatic nitrogens is 1. The Kier molecular flexibility index (Phi) is 4.82. The van der Waals surface area contributed by atoms with Crippen molar-refractivity contribution in [1.82, 2.24) is 9.47 Å². The predicted octanol–water partition coefficient (Wildman–Crippen LogP) is 4.73. The number of halogens is 1. The van der Waals surface area contributed by atoms with Crippen molar-refractivity contribution in [1.29, 1.82) is 0 Å². The molecule has 1 N–H and O–H groups in total. The monoisotopic (exact) mass is 465 g/mol. The highest BCUT2D eigenvalue weighted by molar-refractivity contribution is 9.10. The Bertz CT molecular complexity index is 1080. The first-order chi connectivity index (χ1) is 14.6. The van der Waals surface area contributed by atoms with E-state index in [1.54, 1.807) is 7.11 Å². The molecule has 0 radical (unpaired) electrons. The summed E-state index contributed by atoms with van der Waals surface area (Å²) in [6.07, 6.45) is 4.34. The van der Waals surface area contributed by atoms with Crippen molar-refractivity contribution in [2.24, 2.45) is 0 Å². The van der Waals surface area contributed by atoms with E-state index in [1.165, 1.54) is 5.69 Å². The highest BCUT2D eigenvalue weighted by Gasteiger charge is 2.42. The number of hydrogen-bond donors (Lipinski definition) is 1. The normalized spacial score (nSPS) is 16.5. The van der Waals surface area contributed by atoms with Crippen LogP contribution in [-0.2, 0) is 16.8 Å². The van der Waals surface area contributed by atoms with Crippen LogP contribution in [-0.4, -0.2) is 35.6 Å². The summed E-state index contributed by atoms with van der Waals surface area (Å²) >= 11 is 3.58. The number of carbonyl (C=O) groups excluding carboxylic acids is 1. The van der Waals surface area contributed by atoms with Gasteiger partial charge in [-0.2, -0.15) is 0 Å². The van der Waals surface area contributed by atoms with E-state index < -0.39 is 0 Å². The molecule has 1 fully saturated rings. The molecule has 3 heterocycles. The van der Waals surface area contributed by atoms with Gasteiger partial charge in [0.25, 0.3) is 0 Å². The minimum absolute atomic E-state index is 0.138. The van der Waals surface area contributed by atoms with Gasteiger partial charge in [-0.3, -0.25) is 4.79 Å². The average Bonchev–Trinajstić information content (AvgIpc) is 3.27. The summed E-state index contributed by atoms with van der Waals surface area (Å²) in [6.45, 7) is 1.50. The van der Waals surface area contributed by atoms with Crippen molar-refractivity contribution in [3.63, 3.8) is 0 Å². The molecule has 0 unspecified atom stereocenters. The van der Waals surface area contributed by atoms with Crippen LogP contribution >= 0.6 is 15.9 Å². The summed E-state index contributed by atoms with van der Waals surface area (Å²) in [5.74, 6) is 0.996. The van der Waals surface area contributed by atoms with Crippen molar-refractivity contribution in [3.8, 4) is 11.4 Å². The minimum atomic E-state index is -0.138. The number of rotatable bonds is 3. The standard InChI is InChI=1S/C24H24BrN3O2/c1-30-19-7-4-17(5-8-19)15-23(29)27-13-10-24(11-14-27)22-3-2-12-28(22)21-16-18(25)6-9-20(21)26-24/h2-9,12,16,26H,10-11,13-15H2,1H3. The molecule has 30 heavy (non-hydrogen) atoms. The predicted molar refractivity (Wildman–Crippen MR) is 121 cm³/mol. The number of benzene rings is 2. The maximum Gasteiger partial charge on any atom is 0.226 e. The second kappa shape index (κ2) is 7.51. The zero-order chi connectivity index (χ0) is 20.7. The molecular weight excluding hydrogens is 442 g/mol. The molecule has 1 spiro atoms. The van der Waals surface area contributed by atoms with Gasteiger partial charge in [-0.05, 0) is 60.9 Å². The molecule has 0 atom stereocenters. The second-order valence-corrected chi connectivity index (χ2v) is 8.95. The third-order valence-corrected chi connectivity index (χ3v) is 6.81. The molecule has 6 heteroatoms. The largest absolute Gasteiger partial charge is 0.497 e. The molecule has 2 aliphatic rings. The Morgan fingerprint density at radius 1 is 1.13 bits per heavy atom. The average molecular weight is 466 g/mol. The van der Waals surface area contributed by atoms with Crippen LogP contribution < -0.4 is 10.1 Å². The molecular formula is C24H24BrN3O2. The van der Waals surface area contributed by atoms with E-state index in [1.807, 2.05) is 29.2 Å². The molecule has 1 amide bonds. The van der Waals surface area contributed by atoms with Gasteiger partial charge in [0, 0.05) is 29.5 Å². The van der Waals surface area contributed by atoms with Crippen LogP contribution in [0.1, 0.15) is 24.1 Å². The van der Waals surface area contributed by atoms with Crippen molar-refractivity contribution >= 4 is 27.5 Å². The minimum Gasteiger partial charge on any atom is -0.497 e. The third kappa shape index (κ3) is 3.29. The molecule has 154 valence electrons. The van der Waals surface area contributed by atoms with E-state index in [0.717, 1.165) is 53.1 Å². The summed E-state index contributed by atoms with van der Waals surface area (Å²) in [6, 6.07) is 18.4. The van der Waals surface area contributed by atoms with Crippen LogP contribution in [0.3, 0.4) is 0 Å². The molecule has 0 aliphatic carbocycles. The van der Waals surface area contributed by atoms with Crippen LogP contribution in [0.2, 0.25) is 0 Å². The van der Waals surface area contributed by atoms with Crippen molar-refractivity contribution < 1.29 is 9.53 Å². The molecule has 0 saturated carbocycles. The zero-order valence-corrected chi connectivity index (χ0v) is 18.5. The Labute approximate surface area is 184 Å². The summed E-state index contributed by atoms with van der Waals surface area (Å²) in [4.78, 5) is 14.9. The lowest BCUT2D eigenvalue weighted by atomic mass is 9.82. The first-order valence-electron chi connectivity index (χ1n) is 10.2. The molecule has 0 bridgehead atoms. The van der Waals surface area contributed by atoms with E-state index in [2.05, 4.69) is 62.3 Å². The molecule has 1 saturated heterocycles. The van der Waals surface area contributed by atoms with Crippen LogP contribution in [0.4, 0.5) is 5.69 Å². The number of fused-ring (bicyclic) bond motifs is 4. The lowest BCUT2D eigenvalue weighted by molar-refractivity contribution is -0.132. The number of nitrogens with one attached hydrogen (secondary N) is 1. The number of likely N-dealkylation sites (tertiary alicyclic amines) is 1. The summed E-state index contributed by atoms with van der Waals surface area (Å²) in [5.41, 5.74) is 4.45. The third-order valence-electron chi connectivity index (χ3n) is 6.32. The summed E-state index contributed by atoms with van der Waals surface area (Å²) in [5, 5.41) is 3.81. The summed E-state index contributed by atoms with van der Waals surface area (Å²) in [7, 11) is 1.65. The number of carbonyl (C=O) groups is 1. The highest BCUT2D eigenvalue weighted by Crippen LogP contribution is 2.44. The van der Waals surface area contributed by atoms with Crippen LogP contribution in [0.25, 0.3) is 5.69 Å². The van der Waals surface area contributed by atoms with Gasteiger partial charge < -0.3 is 19.5 Å². The lowest BCUT2D eigenvalue weighted by Gasteiger charge is -2.46. The molecule has 5 rings (SSSR count). The number of methoxy groups -OCH3 is 1. The molecule has 2 aliphatic heterocycles. The van der Waals surface area contributed by atoms with E-state index >= 15 is 0 Å². The number of amides is 1. The first-order valence-corrected chi connectivity index (χ1v) is 11.0. The fraction of sp³-hybridized carbons (Fsp3) is 0.292. The Balaban J connectivity index is 1.32. The lowest BCUT2D eigenvalue weighted by Crippen LogP contribution is -2.51. The molecule has 5 nitrogen and oxygen atoms in total. The molecule has 2 aromatic carbocycles. The Hall–Kier alpha value is -2.73. The summed E-state index contributed by atoms with van der Waals surface area (Å²) < 4.78 is 8.55.